The predicted octanol–water partition coefficient (Wildman–Crippen LogP) is 2.92. The summed E-state index contributed by atoms with van der Waals surface area (Å²) in [6.45, 7) is 8.87. The van der Waals surface area contributed by atoms with E-state index in [0.717, 1.165) is 6.42 Å². The van der Waals surface area contributed by atoms with E-state index < -0.39 is 0 Å². The summed E-state index contributed by atoms with van der Waals surface area (Å²) in [7, 11) is 2.08. The van der Waals surface area contributed by atoms with Crippen LogP contribution in [0.3, 0.4) is 0 Å². The van der Waals surface area contributed by atoms with Gasteiger partial charge in [-0.2, -0.15) is 11.8 Å². The van der Waals surface area contributed by atoms with Gasteiger partial charge in [-0.15, -0.1) is 0 Å². The lowest BCUT2D eigenvalue weighted by molar-refractivity contribution is -0.0775. The van der Waals surface area contributed by atoms with Crippen LogP contribution in [0.25, 0.3) is 0 Å². The second-order valence-electron chi connectivity index (χ2n) is 5.95. The molecule has 1 aliphatic heterocycles. The van der Waals surface area contributed by atoms with Gasteiger partial charge in [-0.3, -0.25) is 0 Å². The molecule has 2 unspecified atom stereocenters. The molecular weight excluding hydrogens is 218 g/mol. The van der Waals surface area contributed by atoms with Crippen molar-refractivity contribution in [3.63, 3.8) is 0 Å². The zero-order valence-electron chi connectivity index (χ0n) is 11.6. The van der Waals surface area contributed by atoms with Gasteiger partial charge in [-0.1, -0.05) is 0 Å². The first kappa shape index (κ1) is 14.3. The number of thioether (sulfide) groups is 1. The van der Waals surface area contributed by atoms with E-state index in [0.29, 0.717) is 12.0 Å². The molecule has 0 amide bonds. The molecule has 0 aromatic rings. The van der Waals surface area contributed by atoms with Gasteiger partial charge in [0, 0.05) is 12.0 Å². The van der Waals surface area contributed by atoms with Gasteiger partial charge in [0.2, 0.25) is 0 Å². The molecule has 0 spiro atoms. The van der Waals surface area contributed by atoms with Gasteiger partial charge in [0.1, 0.15) is 0 Å². The van der Waals surface area contributed by atoms with Crippen LogP contribution in [-0.2, 0) is 4.74 Å². The van der Waals surface area contributed by atoms with Crippen molar-refractivity contribution < 1.29 is 4.74 Å². The van der Waals surface area contributed by atoms with E-state index in [4.69, 9.17) is 4.74 Å². The second-order valence-corrected chi connectivity index (χ2v) is 6.94. The summed E-state index contributed by atoms with van der Waals surface area (Å²) in [6.07, 6.45) is 4.55. The van der Waals surface area contributed by atoms with E-state index in [9.17, 15) is 0 Å². The molecule has 0 aliphatic carbocycles. The first-order valence-electron chi connectivity index (χ1n) is 6.19. The Labute approximate surface area is 105 Å². The van der Waals surface area contributed by atoms with Crippen LogP contribution in [0.2, 0.25) is 0 Å². The standard InChI is InChI=1S/C13H27NOS/c1-12(2)9-10(13(3,4)15-12)11(14-5)7-8-16-6/h10-11,14H,7-9H2,1-6H3. The zero-order chi connectivity index (χ0) is 12.4. The Kier molecular flexibility index (Phi) is 4.73. The van der Waals surface area contributed by atoms with Crippen LogP contribution in [0.5, 0.6) is 0 Å². The third-order valence-electron chi connectivity index (χ3n) is 3.63. The maximum absolute atomic E-state index is 6.16. The van der Waals surface area contributed by atoms with E-state index in [1.165, 1.54) is 12.2 Å². The van der Waals surface area contributed by atoms with Gasteiger partial charge in [0.15, 0.2) is 0 Å². The molecule has 0 saturated carbocycles. The minimum atomic E-state index is -0.00438. The molecule has 0 aromatic heterocycles. The topological polar surface area (TPSA) is 21.3 Å². The Morgan fingerprint density at radius 1 is 1.38 bits per heavy atom. The van der Waals surface area contributed by atoms with Crippen molar-refractivity contribution in [1.82, 2.24) is 5.32 Å². The van der Waals surface area contributed by atoms with Crippen molar-refractivity contribution in [3.8, 4) is 0 Å². The number of hydrogen-bond acceptors (Lipinski definition) is 3. The average molecular weight is 245 g/mol. The smallest absolute Gasteiger partial charge is 0.0677 e. The summed E-state index contributed by atoms with van der Waals surface area (Å²) in [5.41, 5.74) is 0.0260. The lowest BCUT2D eigenvalue weighted by atomic mass is 9.80. The largest absolute Gasteiger partial charge is 0.369 e. The Balaban J connectivity index is 2.69. The summed E-state index contributed by atoms with van der Waals surface area (Å²) in [5, 5.41) is 3.48. The molecule has 2 nitrogen and oxygen atoms in total. The number of ether oxygens (including phenoxy) is 1. The minimum absolute atomic E-state index is 0.00438. The molecule has 96 valence electrons. The van der Waals surface area contributed by atoms with Crippen LogP contribution < -0.4 is 5.32 Å². The van der Waals surface area contributed by atoms with Crippen molar-refractivity contribution in [2.24, 2.45) is 5.92 Å². The summed E-state index contributed by atoms with van der Waals surface area (Å²) in [6, 6.07) is 0.573. The molecule has 1 saturated heterocycles. The monoisotopic (exact) mass is 245 g/mol. The molecule has 16 heavy (non-hydrogen) atoms. The van der Waals surface area contributed by atoms with Crippen LogP contribution >= 0.6 is 11.8 Å². The summed E-state index contributed by atoms with van der Waals surface area (Å²) in [4.78, 5) is 0. The Morgan fingerprint density at radius 3 is 2.38 bits per heavy atom. The van der Waals surface area contributed by atoms with Gasteiger partial charge in [-0.05, 0) is 59.6 Å². The summed E-state index contributed by atoms with van der Waals surface area (Å²) < 4.78 is 6.16. The minimum Gasteiger partial charge on any atom is -0.369 e. The predicted molar refractivity (Wildman–Crippen MR) is 73.2 cm³/mol. The van der Waals surface area contributed by atoms with Crippen LogP contribution in [-0.4, -0.2) is 36.3 Å². The lowest BCUT2D eigenvalue weighted by Gasteiger charge is -2.32. The van der Waals surface area contributed by atoms with Gasteiger partial charge in [0.05, 0.1) is 11.2 Å². The fourth-order valence-electron chi connectivity index (χ4n) is 3.02. The highest BCUT2D eigenvalue weighted by Gasteiger charge is 2.48. The van der Waals surface area contributed by atoms with Gasteiger partial charge in [-0.25, -0.2) is 0 Å². The molecule has 0 aromatic carbocycles. The van der Waals surface area contributed by atoms with Crippen molar-refractivity contribution >= 4 is 11.8 Å². The van der Waals surface area contributed by atoms with E-state index in [2.05, 4.69) is 46.3 Å². The third-order valence-corrected chi connectivity index (χ3v) is 4.28. The quantitative estimate of drug-likeness (QED) is 0.805. The maximum atomic E-state index is 6.16. The number of nitrogens with one attached hydrogen (secondary N) is 1. The molecular formula is C13H27NOS. The highest BCUT2D eigenvalue weighted by molar-refractivity contribution is 7.98. The van der Waals surface area contributed by atoms with Crippen molar-refractivity contribution in [1.29, 1.82) is 0 Å². The van der Waals surface area contributed by atoms with E-state index in [1.807, 2.05) is 11.8 Å². The van der Waals surface area contributed by atoms with Crippen LogP contribution in [0, 0.1) is 5.92 Å². The van der Waals surface area contributed by atoms with Crippen LogP contribution in [0.4, 0.5) is 0 Å². The Bertz CT molecular complexity index is 228. The average Bonchev–Trinajstić information content (AvgIpc) is 2.36. The number of rotatable bonds is 5. The molecule has 1 rings (SSSR count). The first-order chi connectivity index (χ1) is 7.32. The molecule has 1 fully saturated rings. The Hall–Kier alpha value is 0.270. The SMILES string of the molecule is CNC(CCSC)C1CC(C)(C)OC1(C)C. The van der Waals surface area contributed by atoms with Crippen molar-refractivity contribution in [3.05, 3.63) is 0 Å². The Morgan fingerprint density at radius 2 is 2.00 bits per heavy atom. The van der Waals surface area contributed by atoms with Crippen LogP contribution in [0.1, 0.15) is 40.5 Å². The highest BCUT2D eigenvalue weighted by Crippen LogP contribution is 2.44. The highest BCUT2D eigenvalue weighted by atomic mass is 32.2. The maximum Gasteiger partial charge on any atom is 0.0677 e. The fraction of sp³-hybridized carbons (Fsp3) is 1.00. The molecule has 2 atom stereocenters. The summed E-state index contributed by atoms with van der Waals surface area (Å²) >= 11 is 1.92. The number of hydrogen-bond donors (Lipinski definition) is 1. The van der Waals surface area contributed by atoms with Gasteiger partial charge >= 0.3 is 0 Å². The molecule has 1 aliphatic rings. The fourth-order valence-corrected chi connectivity index (χ4v) is 3.51. The van der Waals surface area contributed by atoms with E-state index in [1.54, 1.807) is 0 Å². The van der Waals surface area contributed by atoms with Crippen molar-refractivity contribution in [2.45, 2.75) is 57.8 Å². The first-order valence-corrected chi connectivity index (χ1v) is 7.58. The third kappa shape index (κ3) is 3.38. The molecule has 1 heterocycles. The molecule has 1 N–H and O–H groups in total. The molecule has 0 bridgehead atoms. The second kappa shape index (κ2) is 5.28. The van der Waals surface area contributed by atoms with Crippen LogP contribution in [0.15, 0.2) is 0 Å². The molecule has 3 heteroatoms. The van der Waals surface area contributed by atoms with Crippen molar-refractivity contribution in [2.75, 3.05) is 19.1 Å². The lowest BCUT2D eigenvalue weighted by Crippen LogP contribution is -2.43. The zero-order valence-corrected chi connectivity index (χ0v) is 12.4. The molecule has 0 radical (unpaired) electrons. The normalized spacial score (nSPS) is 29.2. The summed E-state index contributed by atoms with van der Waals surface area (Å²) in [5.74, 6) is 1.83. The van der Waals surface area contributed by atoms with Gasteiger partial charge < -0.3 is 10.1 Å². The van der Waals surface area contributed by atoms with E-state index in [-0.39, 0.29) is 11.2 Å². The van der Waals surface area contributed by atoms with Gasteiger partial charge in [0.25, 0.3) is 0 Å². The van der Waals surface area contributed by atoms with E-state index >= 15 is 0 Å².